The molecule has 78 valence electrons. The highest BCUT2D eigenvalue weighted by Crippen LogP contribution is 2.05. The number of aromatic nitrogens is 3. The molecule has 15 heavy (non-hydrogen) atoms. The summed E-state index contributed by atoms with van der Waals surface area (Å²) in [6.45, 7) is 0.128. The van der Waals surface area contributed by atoms with Crippen molar-refractivity contribution in [2.45, 2.75) is 13.0 Å². The number of hydrogen-bond acceptors (Lipinski definition) is 6. The van der Waals surface area contributed by atoms with Crippen molar-refractivity contribution in [3.05, 3.63) is 41.8 Å². The maximum Gasteiger partial charge on any atom is 0.254 e. The summed E-state index contributed by atoms with van der Waals surface area (Å²) < 4.78 is 4.90. The molecule has 2 aromatic heterocycles. The zero-order valence-corrected chi connectivity index (χ0v) is 7.96. The monoisotopic (exact) mass is 206 g/mol. The summed E-state index contributed by atoms with van der Waals surface area (Å²) >= 11 is 0. The molecular weight excluding hydrogens is 196 g/mol. The fraction of sp³-hybridized carbons (Fsp3) is 0.222. The van der Waals surface area contributed by atoms with Gasteiger partial charge in [-0.1, -0.05) is 5.16 Å². The Hall–Kier alpha value is -1.79. The van der Waals surface area contributed by atoms with Gasteiger partial charge in [0.2, 0.25) is 0 Å². The van der Waals surface area contributed by atoms with Crippen molar-refractivity contribution in [2.75, 3.05) is 0 Å². The van der Waals surface area contributed by atoms with Crippen LogP contribution >= 0.6 is 0 Å². The molecule has 0 amide bonds. The van der Waals surface area contributed by atoms with Crippen LogP contribution in [0.3, 0.4) is 0 Å². The third-order valence-electron chi connectivity index (χ3n) is 1.83. The van der Waals surface area contributed by atoms with Crippen LogP contribution in [0.4, 0.5) is 0 Å². The number of rotatable bonds is 4. The fourth-order valence-corrected chi connectivity index (χ4v) is 1.18. The second kappa shape index (κ2) is 4.63. The maximum atomic E-state index is 4.90. The van der Waals surface area contributed by atoms with E-state index in [9.17, 15) is 0 Å². The van der Waals surface area contributed by atoms with Gasteiger partial charge in [0.05, 0.1) is 0 Å². The average Bonchev–Trinajstić information content (AvgIpc) is 2.68. The average molecular weight is 206 g/mol. The van der Waals surface area contributed by atoms with Gasteiger partial charge in [0.25, 0.3) is 5.89 Å². The first-order chi connectivity index (χ1) is 7.38. The SMILES string of the molecule is NOCc1nc(Cc2ccncc2)no1. The van der Waals surface area contributed by atoms with Crippen LogP contribution in [-0.2, 0) is 17.9 Å². The molecular formula is C9H10N4O2. The quantitative estimate of drug-likeness (QED) is 0.730. The summed E-state index contributed by atoms with van der Waals surface area (Å²) in [5, 5.41) is 3.79. The third kappa shape index (κ3) is 2.58. The Morgan fingerprint density at radius 3 is 2.87 bits per heavy atom. The van der Waals surface area contributed by atoms with Gasteiger partial charge in [-0.3, -0.25) is 9.82 Å². The zero-order valence-electron chi connectivity index (χ0n) is 7.96. The smallest absolute Gasteiger partial charge is 0.254 e. The molecule has 6 nitrogen and oxygen atoms in total. The van der Waals surface area contributed by atoms with Gasteiger partial charge in [0.15, 0.2) is 5.82 Å². The molecule has 0 saturated carbocycles. The lowest BCUT2D eigenvalue weighted by Crippen LogP contribution is -1.99. The zero-order chi connectivity index (χ0) is 10.5. The Bertz CT molecular complexity index is 415. The van der Waals surface area contributed by atoms with E-state index in [1.165, 1.54) is 0 Å². The molecule has 2 rings (SSSR count). The maximum absolute atomic E-state index is 4.90. The van der Waals surface area contributed by atoms with E-state index in [4.69, 9.17) is 10.4 Å². The Kier molecular flexibility index (Phi) is 3.01. The largest absolute Gasteiger partial charge is 0.337 e. The van der Waals surface area contributed by atoms with Gasteiger partial charge in [-0.25, -0.2) is 5.90 Å². The molecule has 0 radical (unpaired) electrons. The van der Waals surface area contributed by atoms with E-state index in [0.717, 1.165) is 5.56 Å². The van der Waals surface area contributed by atoms with Crippen LogP contribution in [0.1, 0.15) is 17.3 Å². The molecule has 0 aliphatic heterocycles. The van der Waals surface area contributed by atoms with Crippen molar-refractivity contribution in [3.63, 3.8) is 0 Å². The molecule has 0 aliphatic carbocycles. The fourth-order valence-electron chi connectivity index (χ4n) is 1.18. The molecule has 2 N–H and O–H groups in total. The van der Waals surface area contributed by atoms with Gasteiger partial charge in [-0.05, 0) is 17.7 Å². The van der Waals surface area contributed by atoms with Crippen molar-refractivity contribution in [1.29, 1.82) is 0 Å². The minimum Gasteiger partial charge on any atom is -0.337 e. The van der Waals surface area contributed by atoms with Crippen LogP contribution < -0.4 is 5.90 Å². The molecule has 0 atom stereocenters. The molecule has 2 aromatic rings. The van der Waals surface area contributed by atoms with E-state index in [-0.39, 0.29) is 6.61 Å². The predicted molar refractivity (Wildman–Crippen MR) is 50.3 cm³/mol. The minimum absolute atomic E-state index is 0.128. The Morgan fingerprint density at radius 1 is 1.33 bits per heavy atom. The number of nitrogens with two attached hydrogens (primary N) is 1. The molecule has 0 saturated heterocycles. The summed E-state index contributed by atoms with van der Waals surface area (Å²) in [6, 6.07) is 3.80. The first-order valence-corrected chi connectivity index (χ1v) is 4.40. The van der Waals surface area contributed by atoms with Gasteiger partial charge >= 0.3 is 0 Å². The number of pyridine rings is 1. The highest BCUT2D eigenvalue weighted by atomic mass is 16.6. The van der Waals surface area contributed by atoms with Crippen LogP contribution in [0.15, 0.2) is 29.0 Å². The van der Waals surface area contributed by atoms with E-state index >= 15 is 0 Å². The van der Waals surface area contributed by atoms with Crippen LogP contribution in [0.2, 0.25) is 0 Å². The summed E-state index contributed by atoms with van der Waals surface area (Å²) in [5.41, 5.74) is 1.08. The van der Waals surface area contributed by atoms with Crippen LogP contribution in [-0.4, -0.2) is 15.1 Å². The number of nitrogens with zero attached hydrogens (tertiary/aromatic N) is 3. The van der Waals surface area contributed by atoms with Crippen molar-refractivity contribution >= 4 is 0 Å². The van der Waals surface area contributed by atoms with Gasteiger partial charge in [-0.15, -0.1) is 0 Å². The van der Waals surface area contributed by atoms with Gasteiger partial charge in [0, 0.05) is 18.8 Å². The Labute approximate surface area is 86.0 Å². The Morgan fingerprint density at radius 2 is 2.13 bits per heavy atom. The van der Waals surface area contributed by atoms with Crippen LogP contribution in [0.5, 0.6) is 0 Å². The lowest BCUT2D eigenvalue weighted by Gasteiger charge is -1.93. The summed E-state index contributed by atoms with van der Waals surface area (Å²) in [4.78, 5) is 12.4. The van der Waals surface area contributed by atoms with Crippen molar-refractivity contribution < 1.29 is 9.36 Å². The summed E-state index contributed by atoms with van der Waals surface area (Å²) in [6.07, 6.45) is 4.05. The highest BCUT2D eigenvalue weighted by Gasteiger charge is 2.06. The molecule has 0 aromatic carbocycles. The molecule has 0 spiro atoms. The van der Waals surface area contributed by atoms with Crippen molar-refractivity contribution in [2.24, 2.45) is 5.90 Å². The summed E-state index contributed by atoms with van der Waals surface area (Å²) in [5.74, 6) is 5.87. The lowest BCUT2D eigenvalue weighted by atomic mass is 10.2. The normalized spacial score (nSPS) is 10.5. The van der Waals surface area contributed by atoms with E-state index in [2.05, 4.69) is 20.0 Å². The predicted octanol–water partition coefficient (Wildman–Crippen LogP) is 0.446. The Balaban J connectivity index is 2.05. The molecule has 0 unspecified atom stereocenters. The number of hydrogen-bond donors (Lipinski definition) is 1. The first kappa shape index (κ1) is 9.75. The molecule has 0 aliphatic rings. The topological polar surface area (TPSA) is 87.1 Å². The van der Waals surface area contributed by atoms with Crippen molar-refractivity contribution in [1.82, 2.24) is 15.1 Å². The van der Waals surface area contributed by atoms with E-state index in [1.54, 1.807) is 12.4 Å². The van der Waals surface area contributed by atoms with E-state index < -0.39 is 0 Å². The first-order valence-electron chi connectivity index (χ1n) is 4.40. The molecule has 0 bridgehead atoms. The third-order valence-corrected chi connectivity index (χ3v) is 1.83. The van der Waals surface area contributed by atoms with Crippen LogP contribution in [0, 0.1) is 0 Å². The molecule has 2 heterocycles. The second-order valence-electron chi connectivity index (χ2n) is 2.95. The molecule has 6 heteroatoms. The van der Waals surface area contributed by atoms with Gasteiger partial charge in [0.1, 0.15) is 6.61 Å². The van der Waals surface area contributed by atoms with E-state index in [1.807, 2.05) is 12.1 Å². The van der Waals surface area contributed by atoms with Gasteiger partial charge < -0.3 is 4.52 Å². The minimum atomic E-state index is 0.128. The lowest BCUT2D eigenvalue weighted by molar-refractivity contribution is 0.0995. The van der Waals surface area contributed by atoms with Gasteiger partial charge in [-0.2, -0.15) is 4.98 Å². The highest BCUT2D eigenvalue weighted by molar-refractivity contribution is 5.14. The standard InChI is InChI=1S/C9H10N4O2/c10-14-6-9-12-8(13-15-9)5-7-1-3-11-4-2-7/h1-4H,5-6,10H2. The summed E-state index contributed by atoms with van der Waals surface area (Å²) in [7, 11) is 0. The van der Waals surface area contributed by atoms with E-state index in [0.29, 0.717) is 18.1 Å². The van der Waals surface area contributed by atoms with Crippen molar-refractivity contribution in [3.8, 4) is 0 Å². The molecule has 0 fully saturated rings. The van der Waals surface area contributed by atoms with Crippen LogP contribution in [0.25, 0.3) is 0 Å². The second-order valence-corrected chi connectivity index (χ2v) is 2.95.